The van der Waals surface area contributed by atoms with Gasteiger partial charge in [-0.3, -0.25) is 0 Å². The third kappa shape index (κ3) is 3.99. The van der Waals surface area contributed by atoms with Crippen molar-refractivity contribution >= 4 is 23.3 Å². The van der Waals surface area contributed by atoms with Gasteiger partial charge in [0.05, 0.1) is 0 Å². The van der Waals surface area contributed by atoms with Crippen LogP contribution in [0, 0.1) is 0 Å². The van der Waals surface area contributed by atoms with E-state index in [2.05, 4.69) is 68.0 Å². The molecule has 0 bridgehead atoms. The summed E-state index contributed by atoms with van der Waals surface area (Å²) in [7, 11) is 0. The number of nitrogens with zero attached hydrogens (tertiary/aromatic N) is 1. The van der Waals surface area contributed by atoms with E-state index in [1.54, 1.807) is 0 Å². The van der Waals surface area contributed by atoms with E-state index in [9.17, 15) is 0 Å². The highest BCUT2D eigenvalue weighted by molar-refractivity contribution is 5.85. The molecular formula is C16H25ClN2. The Morgan fingerprint density at radius 2 is 1.84 bits per heavy atom. The van der Waals surface area contributed by atoms with Gasteiger partial charge in [-0.2, -0.15) is 0 Å². The number of benzene rings is 1. The zero-order valence-corrected chi connectivity index (χ0v) is 13.2. The van der Waals surface area contributed by atoms with E-state index in [4.69, 9.17) is 0 Å². The summed E-state index contributed by atoms with van der Waals surface area (Å²) in [5.41, 5.74) is 2.91. The molecule has 0 radical (unpaired) electrons. The number of aryl methyl sites for hydroxylation is 1. The third-order valence-electron chi connectivity index (χ3n) is 3.14. The quantitative estimate of drug-likeness (QED) is 0.880. The summed E-state index contributed by atoms with van der Waals surface area (Å²) in [5.74, 6) is 0. The lowest BCUT2D eigenvalue weighted by Gasteiger charge is -2.20. The van der Waals surface area contributed by atoms with Crippen molar-refractivity contribution in [3.05, 3.63) is 36.0 Å². The van der Waals surface area contributed by atoms with Gasteiger partial charge in [-0.1, -0.05) is 25.1 Å². The molecule has 0 saturated heterocycles. The largest absolute Gasteiger partial charge is 0.347 e. The van der Waals surface area contributed by atoms with Crippen LogP contribution in [0.2, 0.25) is 0 Å². The lowest BCUT2D eigenvalue weighted by Crippen LogP contribution is -2.34. The average molecular weight is 281 g/mol. The van der Waals surface area contributed by atoms with Gasteiger partial charge in [0.15, 0.2) is 0 Å². The summed E-state index contributed by atoms with van der Waals surface area (Å²) in [4.78, 5) is 0. The van der Waals surface area contributed by atoms with E-state index in [1.165, 1.54) is 22.9 Å². The highest BCUT2D eigenvalue weighted by Crippen LogP contribution is 2.22. The predicted octanol–water partition coefficient (Wildman–Crippen LogP) is 4.36. The first kappa shape index (κ1) is 16.1. The molecule has 2 rings (SSSR count). The Hall–Kier alpha value is -0.990. The normalized spacial score (nSPS) is 11.6. The van der Waals surface area contributed by atoms with Gasteiger partial charge >= 0.3 is 0 Å². The molecule has 0 amide bonds. The van der Waals surface area contributed by atoms with Gasteiger partial charge in [-0.05, 0) is 38.8 Å². The van der Waals surface area contributed by atoms with E-state index in [0.717, 1.165) is 13.1 Å². The number of halogens is 1. The molecule has 0 atom stereocenters. The van der Waals surface area contributed by atoms with Crippen molar-refractivity contribution in [1.82, 2.24) is 9.88 Å². The summed E-state index contributed by atoms with van der Waals surface area (Å²) in [5, 5.41) is 4.95. The van der Waals surface area contributed by atoms with Crippen LogP contribution < -0.4 is 5.32 Å². The maximum atomic E-state index is 3.57. The molecule has 2 nitrogen and oxygen atoms in total. The molecule has 3 heteroatoms. The Bertz CT molecular complexity index is 523. The molecule has 2 aromatic rings. The van der Waals surface area contributed by atoms with Gasteiger partial charge in [-0.15, -0.1) is 12.4 Å². The fourth-order valence-corrected chi connectivity index (χ4v) is 2.25. The zero-order valence-electron chi connectivity index (χ0n) is 12.4. The Morgan fingerprint density at radius 1 is 1.16 bits per heavy atom. The lowest BCUT2D eigenvalue weighted by molar-refractivity contribution is 0.425. The molecule has 19 heavy (non-hydrogen) atoms. The smallest absolute Gasteiger partial charge is 0.0483 e. The minimum absolute atomic E-state index is 0. The summed E-state index contributed by atoms with van der Waals surface area (Å²) in [6.07, 6.45) is 3.47. The van der Waals surface area contributed by atoms with E-state index < -0.39 is 0 Å². The molecule has 1 N–H and O–H groups in total. The van der Waals surface area contributed by atoms with E-state index >= 15 is 0 Å². The number of hydrogen-bond donors (Lipinski definition) is 1. The van der Waals surface area contributed by atoms with Crippen molar-refractivity contribution < 1.29 is 0 Å². The number of rotatable bonds is 4. The van der Waals surface area contributed by atoms with Gasteiger partial charge < -0.3 is 9.88 Å². The van der Waals surface area contributed by atoms with Crippen LogP contribution in [0.4, 0.5) is 0 Å². The first-order valence-corrected chi connectivity index (χ1v) is 6.83. The molecule has 0 saturated carbocycles. The maximum absolute atomic E-state index is 3.57. The fourth-order valence-electron chi connectivity index (χ4n) is 2.25. The third-order valence-corrected chi connectivity index (χ3v) is 3.14. The molecule has 0 aliphatic rings. The van der Waals surface area contributed by atoms with Crippen molar-refractivity contribution in [1.29, 1.82) is 0 Å². The SMILES string of the molecule is CCCn1cc(CNC(C)(C)C)c2ccccc21.Cl. The van der Waals surface area contributed by atoms with Gasteiger partial charge in [-0.25, -0.2) is 0 Å². The van der Waals surface area contributed by atoms with Crippen LogP contribution in [-0.2, 0) is 13.1 Å². The highest BCUT2D eigenvalue weighted by Gasteiger charge is 2.12. The second-order valence-corrected chi connectivity index (χ2v) is 5.97. The number of fused-ring (bicyclic) bond motifs is 1. The standard InChI is InChI=1S/C16H24N2.ClH/c1-5-10-18-12-13(11-17-16(2,3)4)14-8-6-7-9-15(14)18;/h6-9,12,17H,5,10-11H2,1-4H3;1H. The Kier molecular flexibility index (Phi) is 5.45. The molecule has 0 unspecified atom stereocenters. The predicted molar refractivity (Wildman–Crippen MR) is 86.1 cm³/mol. The number of nitrogens with one attached hydrogen (secondary N) is 1. The van der Waals surface area contributed by atoms with Crippen molar-refractivity contribution in [2.45, 2.75) is 52.7 Å². The summed E-state index contributed by atoms with van der Waals surface area (Å²) in [6.45, 7) is 10.9. The second kappa shape index (κ2) is 6.44. The van der Waals surface area contributed by atoms with Crippen LogP contribution in [0.15, 0.2) is 30.5 Å². The molecule has 1 aromatic carbocycles. The molecule has 0 aliphatic heterocycles. The maximum Gasteiger partial charge on any atom is 0.0483 e. The van der Waals surface area contributed by atoms with Crippen molar-refractivity contribution in [2.24, 2.45) is 0 Å². The van der Waals surface area contributed by atoms with E-state index in [0.29, 0.717) is 0 Å². The van der Waals surface area contributed by atoms with Crippen LogP contribution in [-0.4, -0.2) is 10.1 Å². The Labute approximate surface area is 122 Å². The first-order valence-electron chi connectivity index (χ1n) is 6.83. The highest BCUT2D eigenvalue weighted by atomic mass is 35.5. The van der Waals surface area contributed by atoms with Crippen molar-refractivity contribution in [3.63, 3.8) is 0 Å². The monoisotopic (exact) mass is 280 g/mol. The molecule has 0 spiro atoms. The Morgan fingerprint density at radius 3 is 2.47 bits per heavy atom. The summed E-state index contributed by atoms with van der Waals surface area (Å²) < 4.78 is 2.37. The molecular weight excluding hydrogens is 256 g/mol. The van der Waals surface area contributed by atoms with Crippen molar-refractivity contribution in [2.75, 3.05) is 0 Å². The van der Waals surface area contributed by atoms with Crippen LogP contribution in [0.5, 0.6) is 0 Å². The zero-order chi connectivity index (χ0) is 13.2. The number of para-hydroxylation sites is 1. The second-order valence-electron chi connectivity index (χ2n) is 5.97. The van der Waals surface area contributed by atoms with Gasteiger partial charge in [0.25, 0.3) is 0 Å². The van der Waals surface area contributed by atoms with Crippen LogP contribution in [0.1, 0.15) is 39.7 Å². The molecule has 106 valence electrons. The number of hydrogen-bond acceptors (Lipinski definition) is 1. The molecule has 1 aromatic heterocycles. The van der Waals surface area contributed by atoms with Gasteiger partial charge in [0.1, 0.15) is 0 Å². The summed E-state index contributed by atoms with van der Waals surface area (Å²) >= 11 is 0. The molecule has 0 fully saturated rings. The van der Waals surface area contributed by atoms with Crippen molar-refractivity contribution in [3.8, 4) is 0 Å². The minimum atomic E-state index is 0. The first-order chi connectivity index (χ1) is 8.51. The fraction of sp³-hybridized carbons (Fsp3) is 0.500. The van der Waals surface area contributed by atoms with Gasteiger partial charge in [0, 0.05) is 35.7 Å². The van der Waals surface area contributed by atoms with Crippen LogP contribution >= 0.6 is 12.4 Å². The van der Waals surface area contributed by atoms with E-state index in [1.807, 2.05) is 0 Å². The Balaban J connectivity index is 0.00000180. The average Bonchev–Trinajstić information content (AvgIpc) is 2.65. The lowest BCUT2D eigenvalue weighted by atomic mass is 10.1. The van der Waals surface area contributed by atoms with Crippen LogP contribution in [0.3, 0.4) is 0 Å². The minimum Gasteiger partial charge on any atom is -0.347 e. The van der Waals surface area contributed by atoms with Gasteiger partial charge in [0.2, 0.25) is 0 Å². The van der Waals surface area contributed by atoms with E-state index in [-0.39, 0.29) is 17.9 Å². The topological polar surface area (TPSA) is 17.0 Å². The number of aromatic nitrogens is 1. The molecule has 1 heterocycles. The molecule has 0 aliphatic carbocycles. The summed E-state index contributed by atoms with van der Waals surface area (Å²) in [6, 6.07) is 8.68. The van der Waals surface area contributed by atoms with Crippen LogP contribution in [0.25, 0.3) is 10.9 Å².